The van der Waals surface area contributed by atoms with Gasteiger partial charge in [-0.05, 0) is 5.92 Å². The standard InChI is InChI=1S/C11H16N2O4S/c1-7(2)5-17-11(16)12-4-3-9-13-8(6-18-9)10(14)15/h6-7H,3-5H2,1-2H3,(H,12,16)(H,14,15). The largest absolute Gasteiger partial charge is 0.476 e. The normalized spacial score (nSPS) is 10.4. The molecule has 1 amide bonds. The number of amides is 1. The molecule has 0 aliphatic rings. The molecule has 100 valence electrons. The van der Waals surface area contributed by atoms with Crippen LogP contribution >= 0.6 is 11.3 Å². The Bertz CT molecular complexity index is 417. The summed E-state index contributed by atoms with van der Waals surface area (Å²) in [6.07, 6.45) is 0.0352. The van der Waals surface area contributed by atoms with Gasteiger partial charge in [-0.1, -0.05) is 13.8 Å². The molecule has 7 heteroatoms. The zero-order chi connectivity index (χ0) is 13.5. The van der Waals surface area contributed by atoms with Crippen LogP contribution in [0.25, 0.3) is 0 Å². The number of thiazole rings is 1. The molecule has 6 nitrogen and oxygen atoms in total. The molecular weight excluding hydrogens is 256 g/mol. The first kappa shape index (κ1) is 14.4. The van der Waals surface area contributed by atoms with Crippen LogP contribution in [0.3, 0.4) is 0 Å². The fraction of sp³-hybridized carbons (Fsp3) is 0.545. The molecule has 2 N–H and O–H groups in total. The highest BCUT2D eigenvalue weighted by Gasteiger charge is 2.09. The molecule has 0 unspecified atom stereocenters. The topological polar surface area (TPSA) is 88.5 Å². The van der Waals surface area contributed by atoms with Crippen molar-refractivity contribution in [3.63, 3.8) is 0 Å². The Morgan fingerprint density at radius 1 is 1.56 bits per heavy atom. The number of carboxylic acid groups (broad SMARTS) is 1. The third-order valence-corrected chi connectivity index (χ3v) is 2.84. The Kier molecular flexibility index (Phi) is 5.57. The summed E-state index contributed by atoms with van der Waals surface area (Å²) in [5.74, 6) is -0.741. The summed E-state index contributed by atoms with van der Waals surface area (Å²) in [6, 6.07) is 0. The summed E-state index contributed by atoms with van der Waals surface area (Å²) in [6.45, 7) is 4.67. The van der Waals surface area contributed by atoms with Crippen molar-refractivity contribution in [3.8, 4) is 0 Å². The Morgan fingerprint density at radius 2 is 2.28 bits per heavy atom. The molecule has 0 radical (unpaired) electrons. The van der Waals surface area contributed by atoms with Gasteiger partial charge in [-0.25, -0.2) is 14.6 Å². The highest BCUT2D eigenvalue weighted by molar-refractivity contribution is 7.09. The highest BCUT2D eigenvalue weighted by atomic mass is 32.1. The van der Waals surface area contributed by atoms with E-state index in [1.165, 1.54) is 16.7 Å². The third kappa shape index (κ3) is 5.13. The van der Waals surface area contributed by atoms with Gasteiger partial charge in [0.15, 0.2) is 5.69 Å². The summed E-state index contributed by atoms with van der Waals surface area (Å²) in [4.78, 5) is 25.7. The van der Waals surface area contributed by atoms with Crippen LogP contribution in [-0.2, 0) is 11.2 Å². The lowest BCUT2D eigenvalue weighted by Crippen LogP contribution is -2.27. The van der Waals surface area contributed by atoms with E-state index in [9.17, 15) is 9.59 Å². The van der Waals surface area contributed by atoms with Crippen LogP contribution < -0.4 is 5.32 Å². The molecule has 0 aliphatic heterocycles. The molecule has 0 saturated carbocycles. The number of hydrogen-bond donors (Lipinski definition) is 2. The highest BCUT2D eigenvalue weighted by Crippen LogP contribution is 2.09. The predicted octanol–water partition coefficient (Wildman–Crippen LogP) is 1.77. The summed E-state index contributed by atoms with van der Waals surface area (Å²) < 4.78 is 4.92. The lowest BCUT2D eigenvalue weighted by molar-refractivity contribution is 0.0691. The number of rotatable bonds is 6. The number of nitrogens with one attached hydrogen (secondary N) is 1. The van der Waals surface area contributed by atoms with Gasteiger partial charge < -0.3 is 15.2 Å². The average Bonchev–Trinajstić information content (AvgIpc) is 2.75. The van der Waals surface area contributed by atoms with Crippen LogP contribution in [0, 0.1) is 5.92 Å². The van der Waals surface area contributed by atoms with Crippen molar-refractivity contribution < 1.29 is 19.4 Å². The third-order valence-electron chi connectivity index (χ3n) is 1.93. The van der Waals surface area contributed by atoms with Gasteiger partial charge in [0.2, 0.25) is 0 Å². The molecule has 1 heterocycles. The molecule has 0 spiro atoms. The van der Waals surface area contributed by atoms with Crippen molar-refractivity contribution in [2.24, 2.45) is 5.92 Å². The van der Waals surface area contributed by atoms with E-state index in [0.29, 0.717) is 30.5 Å². The molecule has 1 aromatic rings. The molecule has 0 saturated heterocycles. The Labute approximate surface area is 109 Å². The summed E-state index contributed by atoms with van der Waals surface area (Å²) >= 11 is 1.26. The number of hydrogen-bond acceptors (Lipinski definition) is 5. The number of carboxylic acids is 1. The first-order valence-corrected chi connectivity index (χ1v) is 6.45. The van der Waals surface area contributed by atoms with Gasteiger partial charge in [0, 0.05) is 18.3 Å². The van der Waals surface area contributed by atoms with Crippen molar-refractivity contribution in [2.45, 2.75) is 20.3 Å². The first-order chi connectivity index (χ1) is 8.49. The van der Waals surface area contributed by atoms with Crippen molar-refractivity contribution in [1.29, 1.82) is 0 Å². The number of ether oxygens (including phenoxy) is 1. The van der Waals surface area contributed by atoms with Crippen LogP contribution in [0.15, 0.2) is 5.38 Å². The second-order valence-corrected chi connectivity index (χ2v) is 5.04. The number of alkyl carbamates (subject to hydrolysis) is 1. The monoisotopic (exact) mass is 272 g/mol. The lowest BCUT2D eigenvalue weighted by Gasteiger charge is -2.07. The van der Waals surface area contributed by atoms with E-state index in [1.807, 2.05) is 13.8 Å². The zero-order valence-corrected chi connectivity index (χ0v) is 11.1. The maximum absolute atomic E-state index is 11.2. The number of carbonyl (C=O) groups is 2. The summed E-state index contributed by atoms with van der Waals surface area (Å²) in [5, 5.41) is 13.4. The van der Waals surface area contributed by atoms with Gasteiger partial charge in [-0.3, -0.25) is 0 Å². The summed E-state index contributed by atoms with van der Waals surface area (Å²) in [7, 11) is 0. The Balaban J connectivity index is 2.24. The fourth-order valence-corrected chi connectivity index (χ4v) is 1.86. The Hall–Kier alpha value is -1.63. The summed E-state index contributed by atoms with van der Waals surface area (Å²) in [5.41, 5.74) is 0.0392. The average molecular weight is 272 g/mol. The van der Waals surface area contributed by atoms with Gasteiger partial charge >= 0.3 is 12.1 Å². The van der Waals surface area contributed by atoms with Crippen LogP contribution in [0.4, 0.5) is 4.79 Å². The molecule has 0 aromatic carbocycles. The van der Waals surface area contributed by atoms with Gasteiger partial charge in [0.1, 0.15) is 0 Å². The minimum absolute atomic E-state index is 0.0392. The Morgan fingerprint density at radius 3 is 2.83 bits per heavy atom. The van der Waals surface area contributed by atoms with Crippen LogP contribution in [0.2, 0.25) is 0 Å². The van der Waals surface area contributed by atoms with E-state index >= 15 is 0 Å². The van der Waals surface area contributed by atoms with E-state index in [4.69, 9.17) is 9.84 Å². The van der Waals surface area contributed by atoms with E-state index in [0.717, 1.165) is 0 Å². The van der Waals surface area contributed by atoms with E-state index < -0.39 is 12.1 Å². The van der Waals surface area contributed by atoms with E-state index in [1.54, 1.807) is 0 Å². The molecular formula is C11H16N2O4S. The maximum Gasteiger partial charge on any atom is 0.407 e. The van der Waals surface area contributed by atoms with Crippen molar-refractivity contribution in [3.05, 3.63) is 16.1 Å². The minimum Gasteiger partial charge on any atom is -0.476 e. The number of nitrogens with zero attached hydrogens (tertiary/aromatic N) is 1. The van der Waals surface area contributed by atoms with Gasteiger partial charge in [0.25, 0.3) is 0 Å². The van der Waals surface area contributed by atoms with Gasteiger partial charge in [-0.2, -0.15) is 0 Å². The maximum atomic E-state index is 11.2. The molecule has 1 rings (SSSR count). The lowest BCUT2D eigenvalue weighted by atomic mass is 10.2. The SMILES string of the molecule is CC(C)COC(=O)NCCc1nc(C(=O)O)cs1. The molecule has 18 heavy (non-hydrogen) atoms. The smallest absolute Gasteiger partial charge is 0.407 e. The molecule has 0 atom stereocenters. The second-order valence-electron chi connectivity index (χ2n) is 4.10. The quantitative estimate of drug-likeness (QED) is 0.823. The number of aromatic nitrogens is 1. The van der Waals surface area contributed by atoms with E-state index in [2.05, 4.69) is 10.3 Å². The first-order valence-electron chi connectivity index (χ1n) is 5.57. The fourth-order valence-electron chi connectivity index (χ4n) is 1.09. The van der Waals surface area contributed by atoms with Crippen molar-refractivity contribution in [1.82, 2.24) is 10.3 Å². The van der Waals surface area contributed by atoms with Crippen LogP contribution in [0.5, 0.6) is 0 Å². The number of carbonyl (C=O) groups excluding carboxylic acids is 1. The molecule has 1 aromatic heterocycles. The van der Waals surface area contributed by atoms with Crippen molar-refractivity contribution >= 4 is 23.4 Å². The molecule has 0 aliphatic carbocycles. The minimum atomic E-state index is -1.04. The van der Waals surface area contributed by atoms with Crippen LogP contribution in [0.1, 0.15) is 29.3 Å². The molecule has 0 bridgehead atoms. The second kappa shape index (κ2) is 6.95. The van der Waals surface area contributed by atoms with Crippen molar-refractivity contribution in [2.75, 3.05) is 13.2 Å². The zero-order valence-electron chi connectivity index (χ0n) is 10.3. The van der Waals surface area contributed by atoms with Crippen LogP contribution in [-0.4, -0.2) is 35.3 Å². The van der Waals surface area contributed by atoms with Gasteiger partial charge in [-0.15, -0.1) is 11.3 Å². The number of aromatic carboxylic acids is 1. The molecule has 0 fully saturated rings. The predicted molar refractivity (Wildman–Crippen MR) is 67.0 cm³/mol. The van der Waals surface area contributed by atoms with Gasteiger partial charge in [0.05, 0.1) is 11.6 Å². The van der Waals surface area contributed by atoms with E-state index in [-0.39, 0.29) is 5.69 Å².